The predicted octanol–water partition coefficient (Wildman–Crippen LogP) is 1.60. The Morgan fingerprint density at radius 1 is 1.40 bits per heavy atom. The second kappa shape index (κ2) is 6.05. The van der Waals surface area contributed by atoms with Gasteiger partial charge in [-0.2, -0.15) is 5.26 Å². The largest absolute Gasteiger partial charge is 0.373 e. The van der Waals surface area contributed by atoms with Gasteiger partial charge in [-0.05, 0) is 32.1 Å². The normalized spacial score (nSPS) is 9.67. The highest BCUT2D eigenvalue weighted by molar-refractivity contribution is 5.58. The standard InChI is InChI=1S/C12H17N3/c1-14-8-5-9-15(2)12-7-4-3-6-11(12)10-13/h3-4,6-7,14H,5,8-9H2,1-2H3. The molecule has 0 unspecified atom stereocenters. The molecule has 0 fully saturated rings. The van der Waals surface area contributed by atoms with Crippen LogP contribution in [-0.4, -0.2) is 27.2 Å². The predicted molar refractivity (Wildman–Crippen MR) is 63.0 cm³/mol. The molecule has 0 aliphatic carbocycles. The summed E-state index contributed by atoms with van der Waals surface area (Å²) >= 11 is 0. The molecule has 1 N–H and O–H groups in total. The second-order valence-electron chi connectivity index (χ2n) is 3.51. The van der Waals surface area contributed by atoms with Gasteiger partial charge in [-0.1, -0.05) is 12.1 Å². The van der Waals surface area contributed by atoms with Crippen molar-refractivity contribution in [3.05, 3.63) is 29.8 Å². The maximum Gasteiger partial charge on any atom is 0.101 e. The molecule has 80 valence electrons. The lowest BCUT2D eigenvalue weighted by Crippen LogP contribution is -2.22. The number of anilines is 1. The van der Waals surface area contributed by atoms with Crippen LogP contribution >= 0.6 is 0 Å². The second-order valence-corrected chi connectivity index (χ2v) is 3.51. The molecule has 0 aromatic heterocycles. The van der Waals surface area contributed by atoms with Gasteiger partial charge >= 0.3 is 0 Å². The number of hydrogen-bond acceptors (Lipinski definition) is 3. The van der Waals surface area contributed by atoms with E-state index in [9.17, 15) is 0 Å². The minimum Gasteiger partial charge on any atom is -0.373 e. The molecule has 0 saturated carbocycles. The van der Waals surface area contributed by atoms with Gasteiger partial charge in [-0.25, -0.2) is 0 Å². The van der Waals surface area contributed by atoms with Gasteiger partial charge in [0.25, 0.3) is 0 Å². The topological polar surface area (TPSA) is 39.1 Å². The van der Waals surface area contributed by atoms with Crippen molar-refractivity contribution in [3.63, 3.8) is 0 Å². The van der Waals surface area contributed by atoms with Crippen molar-refractivity contribution in [2.24, 2.45) is 0 Å². The van der Waals surface area contributed by atoms with E-state index < -0.39 is 0 Å². The molecule has 3 nitrogen and oxygen atoms in total. The Morgan fingerprint density at radius 3 is 2.80 bits per heavy atom. The molecule has 1 rings (SSSR count). The van der Waals surface area contributed by atoms with Crippen LogP contribution in [0.1, 0.15) is 12.0 Å². The molecular weight excluding hydrogens is 186 g/mol. The number of hydrogen-bond donors (Lipinski definition) is 1. The van der Waals surface area contributed by atoms with Gasteiger partial charge < -0.3 is 10.2 Å². The van der Waals surface area contributed by atoms with Crippen molar-refractivity contribution in [2.45, 2.75) is 6.42 Å². The summed E-state index contributed by atoms with van der Waals surface area (Å²) in [5, 5.41) is 12.1. The Bertz CT molecular complexity index is 341. The third-order valence-corrected chi connectivity index (χ3v) is 2.36. The molecule has 0 heterocycles. The maximum atomic E-state index is 8.95. The van der Waals surface area contributed by atoms with Crippen LogP contribution in [0.5, 0.6) is 0 Å². The Hall–Kier alpha value is -1.53. The molecule has 0 saturated heterocycles. The van der Waals surface area contributed by atoms with Gasteiger partial charge in [0.1, 0.15) is 6.07 Å². The first-order valence-electron chi connectivity index (χ1n) is 5.14. The van der Waals surface area contributed by atoms with E-state index in [1.807, 2.05) is 38.4 Å². The van der Waals surface area contributed by atoms with Crippen molar-refractivity contribution in [2.75, 3.05) is 32.1 Å². The van der Waals surface area contributed by atoms with Crippen LogP contribution in [-0.2, 0) is 0 Å². The van der Waals surface area contributed by atoms with Crippen LogP contribution in [0.3, 0.4) is 0 Å². The molecule has 0 aliphatic heterocycles. The van der Waals surface area contributed by atoms with E-state index in [0.717, 1.165) is 30.8 Å². The highest BCUT2D eigenvalue weighted by atomic mass is 15.1. The molecular formula is C12H17N3. The summed E-state index contributed by atoms with van der Waals surface area (Å²) in [6, 6.07) is 9.90. The summed E-state index contributed by atoms with van der Waals surface area (Å²) < 4.78 is 0. The number of benzene rings is 1. The van der Waals surface area contributed by atoms with E-state index in [1.165, 1.54) is 0 Å². The highest BCUT2D eigenvalue weighted by Crippen LogP contribution is 2.17. The van der Waals surface area contributed by atoms with Gasteiger partial charge in [-0.3, -0.25) is 0 Å². The zero-order valence-electron chi connectivity index (χ0n) is 9.33. The number of para-hydroxylation sites is 1. The lowest BCUT2D eigenvalue weighted by atomic mass is 10.2. The molecule has 0 amide bonds. The summed E-state index contributed by atoms with van der Waals surface area (Å²) in [6.07, 6.45) is 1.08. The Morgan fingerprint density at radius 2 is 2.13 bits per heavy atom. The summed E-state index contributed by atoms with van der Waals surface area (Å²) in [6.45, 7) is 1.96. The third kappa shape index (κ3) is 3.26. The molecule has 3 heteroatoms. The molecule has 15 heavy (non-hydrogen) atoms. The van der Waals surface area contributed by atoms with Gasteiger partial charge in [-0.15, -0.1) is 0 Å². The zero-order valence-corrected chi connectivity index (χ0v) is 9.33. The number of rotatable bonds is 5. The monoisotopic (exact) mass is 203 g/mol. The Balaban J connectivity index is 2.65. The van der Waals surface area contributed by atoms with E-state index in [-0.39, 0.29) is 0 Å². The van der Waals surface area contributed by atoms with Crippen molar-refractivity contribution < 1.29 is 0 Å². The molecule has 1 aromatic carbocycles. The van der Waals surface area contributed by atoms with E-state index in [4.69, 9.17) is 5.26 Å². The van der Waals surface area contributed by atoms with Gasteiger partial charge in [0, 0.05) is 13.6 Å². The van der Waals surface area contributed by atoms with Crippen LogP contribution in [0.4, 0.5) is 5.69 Å². The highest BCUT2D eigenvalue weighted by Gasteiger charge is 2.05. The number of nitriles is 1. The van der Waals surface area contributed by atoms with Crippen LogP contribution in [0.15, 0.2) is 24.3 Å². The van der Waals surface area contributed by atoms with Crippen molar-refractivity contribution in [3.8, 4) is 6.07 Å². The lowest BCUT2D eigenvalue weighted by Gasteiger charge is -2.20. The number of nitrogens with one attached hydrogen (secondary N) is 1. The molecule has 0 radical (unpaired) electrons. The third-order valence-electron chi connectivity index (χ3n) is 2.36. The van der Waals surface area contributed by atoms with E-state index in [0.29, 0.717) is 0 Å². The van der Waals surface area contributed by atoms with Crippen LogP contribution in [0.25, 0.3) is 0 Å². The van der Waals surface area contributed by atoms with Crippen molar-refractivity contribution in [1.82, 2.24) is 5.32 Å². The fourth-order valence-electron chi connectivity index (χ4n) is 1.51. The molecule has 0 atom stereocenters. The summed E-state index contributed by atoms with van der Waals surface area (Å²) in [4.78, 5) is 2.12. The first kappa shape index (κ1) is 11.5. The smallest absolute Gasteiger partial charge is 0.101 e. The fourth-order valence-corrected chi connectivity index (χ4v) is 1.51. The van der Waals surface area contributed by atoms with Crippen molar-refractivity contribution in [1.29, 1.82) is 5.26 Å². The summed E-state index contributed by atoms with van der Waals surface area (Å²) in [7, 11) is 3.97. The van der Waals surface area contributed by atoms with Gasteiger partial charge in [0.15, 0.2) is 0 Å². The van der Waals surface area contributed by atoms with Crippen LogP contribution in [0.2, 0.25) is 0 Å². The SMILES string of the molecule is CNCCCN(C)c1ccccc1C#N. The van der Waals surface area contributed by atoms with E-state index in [1.54, 1.807) is 0 Å². The minimum atomic E-state index is 0.740. The first-order valence-corrected chi connectivity index (χ1v) is 5.14. The maximum absolute atomic E-state index is 8.95. The van der Waals surface area contributed by atoms with Crippen LogP contribution < -0.4 is 10.2 Å². The molecule has 0 bridgehead atoms. The molecule has 1 aromatic rings. The van der Waals surface area contributed by atoms with Crippen LogP contribution in [0, 0.1) is 11.3 Å². The zero-order chi connectivity index (χ0) is 11.1. The minimum absolute atomic E-state index is 0.740. The number of nitrogens with zero attached hydrogens (tertiary/aromatic N) is 2. The van der Waals surface area contributed by atoms with Gasteiger partial charge in [0.05, 0.1) is 11.3 Å². The van der Waals surface area contributed by atoms with Crippen molar-refractivity contribution >= 4 is 5.69 Å². The Labute approximate surface area is 91.3 Å². The summed E-state index contributed by atoms with van der Waals surface area (Å²) in [5.41, 5.74) is 1.75. The lowest BCUT2D eigenvalue weighted by molar-refractivity contribution is 0.712. The van der Waals surface area contributed by atoms with E-state index in [2.05, 4.69) is 16.3 Å². The average Bonchev–Trinajstić information content (AvgIpc) is 2.29. The quantitative estimate of drug-likeness (QED) is 0.739. The molecule has 0 spiro atoms. The first-order chi connectivity index (χ1) is 7.29. The fraction of sp³-hybridized carbons (Fsp3) is 0.417. The van der Waals surface area contributed by atoms with E-state index >= 15 is 0 Å². The Kier molecular flexibility index (Phi) is 4.65. The molecule has 0 aliphatic rings. The van der Waals surface area contributed by atoms with Gasteiger partial charge in [0.2, 0.25) is 0 Å². The summed E-state index contributed by atoms with van der Waals surface area (Å²) in [5.74, 6) is 0. The average molecular weight is 203 g/mol.